The summed E-state index contributed by atoms with van der Waals surface area (Å²) in [4.78, 5) is 29.6. The molecule has 2 heterocycles. The van der Waals surface area contributed by atoms with Crippen LogP contribution in [0.4, 0.5) is 0 Å². The molecule has 7 heteroatoms. The third-order valence-corrected chi connectivity index (χ3v) is 4.80. The molecule has 128 valence electrons. The molecule has 1 atom stereocenters. The van der Waals surface area contributed by atoms with Crippen molar-refractivity contribution < 1.29 is 19.4 Å². The van der Waals surface area contributed by atoms with Crippen LogP contribution >= 0.6 is 11.3 Å². The second-order valence-corrected chi connectivity index (χ2v) is 6.65. The fourth-order valence-electron chi connectivity index (χ4n) is 2.52. The molecule has 0 radical (unpaired) electrons. The molecule has 0 saturated carbocycles. The lowest BCUT2D eigenvalue weighted by Gasteiger charge is -2.21. The van der Waals surface area contributed by atoms with E-state index in [4.69, 9.17) is 4.74 Å². The molecular formula is C16H24N2O4S. The van der Waals surface area contributed by atoms with E-state index in [0.717, 1.165) is 23.5 Å². The van der Waals surface area contributed by atoms with Gasteiger partial charge in [0.1, 0.15) is 5.01 Å². The van der Waals surface area contributed by atoms with Crippen LogP contribution < -0.4 is 0 Å². The van der Waals surface area contributed by atoms with Crippen molar-refractivity contribution in [2.75, 3.05) is 13.2 Å². The zero-order valence-corrected chi connectivity index (χ0v) is 14.3. The Hall–Kier alpha value is -1.47. The first-order chi connectivity index (χ1) is 11.1. The number of hydrogen-bond donors (Lipinski definition) is 1. The number of aryl methyl sites for hydroxylation is 1. The zero-order valence-electron chi connectivity index (χ0n) is 13.5. The van der Waals surface area contributed by atoms with Crippen molar-refractivity contribution >= 4 is 23.2 Å². The Bertz CT molecular complexity index is 532. The summed E-state index contributed by atoms with van der Waals surface area (Å²) < 4.78 is 5.12. The minimum absolute atomic E-state index is 0.00638. The molecular weight excluding hydrogens is 316 g/mol. The highest BCUT2D eigenvalue weighted by Crippen LogP contribution is 2.22. The van der Waals surface area contributed by atoms with Gasteiger partial charge in [-0.3, -0.25) is 9.59 Å². The molecule has 6 nitrogen and oxygen atoms in total. The van der Waals surface area contributed by atoms with Gasteiger partial charge in [0, 0.05) is 18.2 Å². The third-order valence-electron chi connectivity index (χ3n) is 3.91. The van der Waals surface area contributed by atoms with E-state index in [-0.39, 0.29) is 24.5 Å². The van der Waals surface area contributed by atoms with Crippen LogP contribution in [-0.2, 0) is 27.3 Å². The summed E-state index contributed by atoms with van der Waals surface area (Å²) in [6.45, 7) is 2.97. The number of aliphatic hydroxyl groups is 1. The van der Waals surface area contributed by atoms with Gasteiger partial charge in [-0.2, -0.15) is 0 Å². The molecule has 1 amide bonds. The average Bonchev–Trinajstić information content (AvgIpc) is 3.13. The topological polar surface area (TPSA) is 79.7 Å². The average molecular weight is 340 g/mol. The van der Waals surface area contributed by atoms with Crippen LogP contribution in [0.2, 0.25) is 0 Å². The summed E-state index contributed by atoms with van der Waals surface area (Å²) in [7, 11) is 0. The van der Waals surface area contributed by atoms with Gasteiger partial charge in [-0.05, 0) is 12.8 Å². The van der Waals surface area contributed by atoms with Gasteiger partial charge in [0.05, 0.1) is 37.9 Å². The highest BCUT2D eigenvalue weighted by molar-refractivity contribution is 7.09. The molecule has 23 heavy (non-hydrogen) atoms. The van der Waals surface area contributed by atoms with Crippen LogP contribution in [0.1, 0.15) is 49.7 Å². The van der Waals surface area contributed by atoms with E-state index in [1.807, 2.05) is 5.38 Å². The number of nitrogens with zero attached hydrogens (tertiary/aromatic N) is 2. The summed E-state index contributed by atoms with van der Waals surface area (Å²) in [6.07, 6.45) is 3.98. The summed E-state index contributed by atoms with van der Waals surface area (Å²) in [5.41, 5.74) is 0.852. The molecule has 2 rings (SSSR count). The number of hydrogen-bond acceptors (Lipinski definition) is 6. The van der Waals surface area contributed by atoms with Crippen LogP contribution in [0.3, 0.4) is 0 Å². The minimum Gasteiger partial charge on any atom is -0.466 e. The van der Waals surface area contributed by atoms with Crippen LogP contribution in [-0.4, -0.2) is 46.1 Å². The number of rotatable bonds is 9. The lowest BCUT2D eigenvalue weighted by molar-refractivity contribution is -0.143. The molecule has 1 saturated heterocycles. The molecule has 0 bridgehead atoms. The normalized spacial score (nSPS) is 17.7. The number of ether oxygens (including phenoxy) is 1. The van der Waals surface area contributed by atoms with Gasteiger partial charge in [0.15, 0.2) is 0 Å². The number of carbonyl (C=O) groups is 2. The lowest BCUT2D eigenvalue weighted by Crippen LogP contribution is -2.34. The standard InChI is InChI=1S/C16H24N2O4S/c1-2-3-8-22-16(21)7-4-12-11-23-14(17-12)9-18-13(10-19)5-6-15(18)20/h11,13,19H,2-10H2,1H3/t13-/m1/s1. The molecule has 0 aromatic carbocycles. The van der Waals surface area contributed by atoms with Crippen LogP contribution in [0.15, 0.2) is 5.38 Å². The Labute approximate surface area is 140 Å². The predicted molar refractivity (Wildman–Crippen MR) is 87.0 cm³/mol. The predicted octanol–water partition coefficient (Wildman–Crippen LogP) is 1.90. The molecule has 1 aromatic heterocycles. The van der Waals surface area contributed by atoms with Crippen LogP contribution in [0.5, 0.6) is 0 Å². The first-order valence-corrected chi connectivity index (χ1v) is 9.01. The fraction of sp³-hybridized carbons (Fsp3) is 0.688. The largest absolute Gasteiger partial charge is 0.466 e. The summed E-state index contributed by atoms with van der Waals surface area (Å²) >= 11 is 1.49. The first-order valence-electron chi connectivity index (χ1n) is 8.13. The summed E-state index contributed by atoms with van der Waals surface area (Å²) in [6, 6.07) is -0.0941. The van der Waals surface area contributed by atoms with Crippen molar-refractivity contribution in [1.29, 1.82) is 0 Å². The quantitative estimate of drug-likeness (QED) is 0.549. The summed E-state index contributed by atoms with van der Waals surface area (Å²) in [5, 5.41) is 12.1. The lowest BCUT2D eigenvalue weighted by atomic mass is 10.2. The van der Waals surface area contributed by atoms with E-state index in [2.05, 4.69) is 11.9 Å². The van der Waals surface area contributed by atoms with Crippen molar-refractivity contribution in [2.45, 2.75) is 58.0 Å². The van der Waals surface area contributed by atoms with Crippen molar-refractivity contribution in [3.63, 3.8) is 0 Å². The number of thiazole rings is 1. The number of aromatic nitrogens is 1. The number of aliphatic hydroxyl groups excluding tert-OH is 1. The van der Waals surface area contributed by atoms with Gasteiger partial charge in [-0.15, -0.1) is 11.3 Å². The monoisotopic (exact) mass is 340 g/mol. The van der Waals surface area contributed by atoms with E-state index in [1.165, 1.54) is 11.3 Å². The molecule has 0 spiro atoms. The van der Waals surface area contributed by atoms with E-state index < -0.39 is 0 Å². The van der Waals surface area contributed by atoms with Gasteiger partial charge in [-0.25, -0.2) is 4.98 Å². The Morgan fingerprint density at radius 2 is 2.39 bits per heavy atom. The molecule has 1 N–H and O–H groups in total. The number of carbonyl (C=O) groups excluding carboxylic acids is 2. The first kappa shape index (κ1) is 17.9. The number of esters is 1. The highest BCUT2D eigenvalue weighted by atomic mass is 32.1. The van der Waals surface area contributed by atoms with Gasteiger partial charge in [0.2, 0.25) is 5.91 Å². The maximum absolute atomic E-state index is 11.8. The van der Waals surface area contributed by atoms with Crippen molar-refractivity contribution in [1.82, 2.24) is 9.88 Å². The number of amides is 1. The second kappa shape index (κ2) is 8.98. The van der Waals surface area contributed by atoms with E-state index >= 15 is 0 Å². The summed E-state index contributed by atoms with van der Waals surface area (Å²) in [5.74, 6) is -0.122. The second-order valence-electron chi connectivity index (χ2n) is 5.70. The molecule has 0 unspecified atom stereocenters. The van der Waals surface area contributed by atoms with E-state index in [0.29, 0.717) is 38.8 Å². The molecule has 1 aliphatic heterocycles. The Morgan fingerprint density at radius 3 is 3.13 bits per heavy atom. The van der Waals surface area contributed by atoms with Crippen molar-refractivity contribution in [2.24, 2.45) is 0 Å². The van der Waals surface area contributed by atoms with Gasteiger partial charge < -0.3 is 14.7 Å². The van der Waals surface area contributed by atoms with Crippen molar-refractivity contribution in [3.05, 3.63) is 16.1 Å². The molecule has 1 aromatic rings. The van der Waals surface area contributed by atoms with Crippen molar-refractivity contribution in [3.8, 4) is 0 Å². The minimum atomic E-state index is -0.192. The molecule has 0 aliphatic carbocycles. The SMILES string of the molecule is CCCCOC(=O)CCc1csc(CN2C(=O)CC[C@@H]2CO)n1. The fourth-order valence-corrected chi connectivity index (χ4v) is 3.34. The number of likely N-dealkylation sites (tertiary alicyclic amines) is 1. The van der Waals surface area contributed by atoms with E-state index in [1.54, 1.807) is 4.90 Å². The Kier molecular flexibility index (Phi) is 6.98. The van der Waals surface area contributed by atoms with Gasteiger partial charge >= 0.3 is 5.97 Å². The van der Waals surface area contributed by atoms with Gasteiger partial charge in [-0.1, -0.05) is 13.3 Å². The maximum atomic E-state index is 11.8. The third kappa shape index (κ3) is 5.28. The van der Waals surface area contributed by atoms with Crippen LogP contribution in [0, 0.1) is 0 Å². The maximum Gasteiger partial charge on any atom is 0.306 e. The van der Waals surface area contributed by atoms with E-state index in [9.17, 15) is 14.7 Å². The molecule has 1 fully saturated rings. The van der Waals surface area contributed by atoms with Gasteiger partial charge in [0.25, 0.3) is 0 Å². The van der Waals surface area contributed by atoms with Crippen LogP contribution in [0.25, 0.3) is 0 Å². The Balaban J connectivity index is 1.79. The zero-order chi connectivity index (χ0) is 16.7. The smallest absolute Gasteiger partial charge is 0.306 e. The number of unbranched alkanes of at least 4 members (excludes halogenated alkanes) is 1. The highest BCUT2D eigenvalue weighted by Gasteiger charge is 2.30. The molecule has 1 aliphatic rings. The Morgan fingerprint density at radius 1 is 1.57 bits per heavy atom.